The van der Waals surface area contributed by atoms with E-state index >= 15 is 0 Å². The van der Waals surface area contributed by atoms with Gasteiger partial charge >= 0.3 is 5.97 Å². The Balaban J connectivity index is 1.90. The van der Waals surface area contributed by atoms with Gasteiger partial charge in [0, 0.05) is 17.8 Å². The van der Waals surface area contributed by atoms with Crippen LogP contribution in [0.1, 0.15) is 26.3 Å². The van der Waals surface area contributed by atoms with Crippen LogP contribution in [0.5, 0.6) is 5.75 Å². The number of non-ortho nitro benzene ring substituents is 1. The minimum atomic E-state index is -0.655. The van der Waals surface area contributed by atoms with E-state index in [2.05, 4.69) is 15.4 Å². The zero-order valence-electron chi connectivity index (χ0n) is 18.8. The van der Waals surface area contributed by atoms with E-state index < -0.39 is 22.7 Å². The lowest BCUT2D eigenvalue weighted by Crippen LogP contribution is -2.31. The molecule has 0 aliphatic rings. The lowest BCUT2D eigenvalue weighted by atomic mass is 10.1. The van der Waals surface area contributed by atoms with Crippen molar-refractivity contribution in [2.24, 2.45) is 0 Å². The van der Waals surface area contributed by atoms with Crippen molar-refractivity contribution >= 4 is 35.2 Å². The van der Waals surface area contributed by atoms with Crippen molar-refractivity contribution in [3.8, 4) is 5.75 Å². The first-order valence-corrected chi connectivity index (χ1v) is 10.2. The van der Waals surface area contributed by atoms with Crippen molar-refractivity contribution in [3.63, 3.8) is 0 Å². The Morgan fingerprint density at radius 1 is 0.914 bits per heavy atom. The second-order valence-corrected chi connectivity index (χ2v) is 7.08. The van der Waals surface area contributed by atoms with Crippen LogP contribution in [0.4, 0.5) is 11.4 Å². The van der Waals surface area contributed by atoms with Gasteiger partial charge in [-0.3, -0.25) is 19.7 Å². The predicted octanol–water partition coefficient (Wildman–Crippen LogP) is 3.80. The van der Waals surface area contributed by atoms with Gasteiger partial charge in [-0.1, -0.05) is 12.1 Å². The molecule has 0 aliphatic heterocycles. The van der Waals surface area contributed by atoms with Gasteiger partial charge in [-0.2, -0.15) is 0 Å². The average molecular weight is 475 g/mol. The van der Waals surface area contributed by atoms with Crippen LogP contribution in [0.2, 0.25) is 0 Å². The number of nitrogens with one attached hydrogen (secondary N) is 2. The summed E-state index contributed by atoms with van der Waals surface area (Å²) in [6.45, 7) is 0. The first-order valence-electron chi connectivity index (χ1n) is 10.2. The zero-order chi connectivity index (χ0) is 25.4. The molecule has 0 unspecified atom stereocenters. The Morgan fingerprint density at radius 3 is 2.17 bits per heavy atom. The van der Waals surface area contributed by atoms with Gasteiger partial charge in [0.25, 0.3) is 17.5 Å². The van der Waals surface area contributed by atoms with Crippen molar-refractivity contribution in [1.82, 2.24) is 5.32 Å². The van der Waals surface area contributed by atoms with E-state index in [1.54, 1.807) is 24.3 Å². The fourth-order valence-electron chi connectivity index (χ4n) is 3.05. The highest BCUT2D eigenvalue weighted by Gasteiger charge is 2.18. The van der Waals surface area contributed by atoms with Crippen LogP contribution in [0, 0.1) is 10.1 Å². The second kappa shape index (κ2) is 11.2. The number of ether oxygens (including phenoxy) is 2. The maximum absolute atomic E-state index is 13.1. The Labute approximate surface area is 200 Å². The molecule has 35 heavy (non-hydrogen) atoms. The average Bonchev–Trinajstić information content (AvgIpc) is 2.88. The number of hydrogen-bond acceptors (Lipinski definition) is 7. The molecule has 0 bridgehead atoms. The molecule has 3 aromatic carbocycles. The lowest BCUT2D eigenvalue weighted by Gasteiger charge is -2.13. The molecule has 0 saturated heterocycles. The predicted molar refractivity (Wildman–Crippen MR) is 128 cm³/mol. The monoisotopic (exact) mass is 475 g/mol. The van der Waals surface area contributed by atoms with E-state index in [1.165, 1.54) is 68.8 Å². The molecule has 0 aromatic heterocycles. The molecule has 10 nitrogen and oxygen atoms in total. The molecule has 0 spiro atoms. The van der Waals surface area contributed by atoms with Crippen LogP contribution < -0.4 is 15.4 Å². The molecule has 10 heteroatoms. The van der Waals surface area contributed by atoms with Gasteiger partial charge in [-0.05, 0) is 60.2 Å². The number of carbonyl (C=O) groups excluding carboxylic acids is 3. The third-order valence-electron chi connectivity index (χ3n) is 4.82. The minimum absolute atomic E-state index is 0.114. The lowest BCUT2D eigenvalue weighted by molar-refractivity contribution is -0.384. The van der Waals surface area contributed by atoms with Crippen molar-refractivity contribution in [2.45, 2.75) is 0 Å². The molecule has 2 amide bonds. The van der Waals surface area contributed by atoms with Crippen LogP contribution in [0.3, 0.4) is 0 Å². The maximum Gasteiger partial charge on any atom is 0.337 e. The van der Waals surface area contributed by atoms with Crippen molar-refractivity contribution in [2.75, 3.05) is 19.5 Å². The molecule has 0 fully saturated rings. The number of nitro benzene ring substituents is 1. The molecule has 0 radical (unpaired) electrons. The number of nitro groups is 1. The number of carbonyl (C=O) groups is 3. The number of hydrogen-bond donors (Lipinski definition) is 2. The fraction of sp³-hybridized carbons (Fsp3) is 0.0800. The summed E-state index contributed by atoms with van der Waals surface area (Å²) in [5.41, 5.74) is 1.09. The SMILES string of the molecule is COC(=O)c1ccc(NC(=O)/C(=C/c2ccc([N+](=O)[O-])cc2)NC(=O)c2ccccc2OC)cc1. The molecule has 0 heterocycles. The van der Waals surface area contributed by atoms with Gasteiger partial charge in [-0.15, -0.1) is 0 Å². The van der Waals surface area contributed by atoms with Gasteiger partial charge in [-0.25, -0.2) is 4.79 Å². The standard InChI is InChI=1S/C25H21N3O7/c1-34-22-6-4-3-5-20(22)23(29)27-21(15-16-7-13-19(14-8-16)28(32)33)24(30)26-18-11-9-17(10-12-18)25(31)35-2/h3-15H,1-2H3,(H,26,30)(H,27,29)/b21-15-. The molecule has 0 atom stereocenters. The molecule has 0 aliphatic carbocycles. The Kier molecular flexibility index (Phi) is 7.91. The Hall–Kier alpha value is -4.99. The summed E-state index contributed by atoms with van der Waals surface area (Å²) in [4.78, 5) is 48.0. The zero-order valence-corrected chi connectivity index (χ0v) is 18.8. The van der Waals surface area contributed by atoms with Crippen molar-refractivity contribution in [3.05, 3.63) is 105 Å². The number of rotatable bonds is 8. The second-order valence-electron chi connectivity index (χ2n) is 7.08. The smallest absolute Gasteiger partial charge is 0.337 e. The molecule has 3 aromatic rings. The molecular weight excluding hydrogens is 454 g/mol. The Morgan fingerprint density at radius 2 is 1.57 bits per heavy atom. The van der Waals surface area contributed by atoms with E-state index in [9.17, 15) is 24.5 Å². The van der Waals surface area contributed by atoms with Crippen LogP contribution >= 0.6 is 0 Å². The Bertz CT molecular complexity index is 1280. The van der Waals surface area contributed by atoms with Crippen molar-refractivity contribution < 1.29 is 28.8 Å². The first kappa shape index (κ1) is 24.6. The number of para-hydroxylation sites is 1. The number of benzene rings is 3. The molecule has 0 saturated carbocycles. The normalized spacial score (nSPS) is 10.7. The maximum atomic E-state index is 13.1. The van der Waals surface area contributed by atoms with E-state index in [1.807, 2.05) is 0 Å². The summed E-state index contributed by atoms with van der Waals surface area (Å²) in [5.74, 6) is -1.45. The highest BCUT2D eigenvalue weighted by Crippen LogP contribution is 2.19. The number of esters is 1. The van der Waals surface area contributed by atoms with Crippen LogP contribution in [-0.2, 0) is 9.53 Å². The first-order chi connectivity index (χ1) is 16.8. The number of anilines is 1. The van der Waals surface area contributed by atoms with Gasteiger partial charge < -0.3 is 20.1 Å². The number of nitrogens with zero attached hydrogens (tertiary/aromatic N) is 1. The summed E-state index contributed by atoms with van der Waals surface area (Å²) in [5, 5.41) is 16.1. The van der Waals surface area contributed by atoms with E-state index in [-0.39, 0.29) is 16.9 Å². The fourth-order valence-corrected chi connectivity index (χ4v) is 3.05. The van der Waals surface area contributed by atoms with Gasteiger partial charge in [0.1, 0.15) is 11.4 Å². The quantitative estimate of drug-likeness (QED) is 0.219. The largest absolute Gasteiger partial charge is 0.496 e. The molecular formula is C25H21N3O7. The van der Waals surface area contributed by atoms with Crippen LogP contribution in [0.15, 0.2) is 78.5 Å². The van der Waals surface area contributed by atoms with Gasteiger partial charge in [0.15, 0.2) is 0 Å². The van der Waals surface area contributed by atoms with Crippen LogP contribution in [0.25, 0.3) is 6.08 Å². The van der Waals surface area contributed by atoms with Crippen LogP contribution in [-0.4, -0.2) is 36.9 Å². The molecule has 2 N–H and O–H groups in total. The van der Waals surface area contributed by atoms with Gasteiger partial charge in [0.2, 0.25) is 0 Å². The van der Waals surface area contributed by atoms with E-state index in [4.69, 9.17) is 4.74 Å². The molecule has 3 rings (SSSR count). The summed E-state index contributed by atoms with van der Waals surface area (Å²) in [6.07, 6.45) is 1.38. The number of amides is 2. The summed E-state index contributed by atoms with van der Waals surface area (Å²) >= 11 is 0. The summed E-state index contributed by atoms with van der Waals surface area (Å²) in [7, 11) is 2.68. The highest BCUT2D eigenvalue weighted by molar-refractivity contribution is 6.11. The topological polar surface area (TPSA) is 137 Å². The highest BCUT2D eigenvalue weighted by atomic mass is 16.6. The molecule has 178 valence electrons. The summed E-state index contributed by atoms with van der Waals surface area (Å²) < 4.78 is 9.87. The third kappa shape index (κ3) is 6.29. The minimum Gasteiger partial charge on any atom is -0.496 e. The van der Waals surface area contributed by atoms with Crippen molar-refractivity contribution in [1.29, 1.82) is 0 Å². The van der Waals surface area contributed by atoms with Gasteiger partial charge in [0.05, 0.1) is 30.3 Å². The van der Waals surface area contributed by atoms with E-state index in [0.29, 0.717) is 22.6 Å². The number of methoxy groups -OCH3 is 2. The third-order valence-corrected chi connectivity index (χ3v) is 4.82. The van der Waals surface area contributed by atoms with E-state index in [0.717, 1.165) is 0 Å². The summed E-state index contributed by atoms with van der Waals surface area (Å²) in [6, 6.07) is 18.0.